The molecule has 1 aliphatic carbocycles. The molecule has 1 saturated carbocycles. The molecule has 1 saturated heterocycles. The third kappa shape index (κ3) is 1.93. The van der Waals surface area contributed by atoms with Gasteiger partial charge in [-0.25, -0.2) is 0 Å². The van der Waals surface area contributed by atoms with Crippen molar-refractivity contribution >= 4 is 5.91 Å². The van der Waals surface area contributed by atoms with Crippen LogP contribution in [0, 0.1) is 5.92 Å². The van der Waals surface area contributed by atoms with E-state index in [1.54, 1.807) is 6.20 Å². The summed E-state index contributed by atoms with van der Waals surface area (Å²) < 4.78 is 5.79. The zero-order valence-corrected chi connectivity index (χ0v) is 13.6. The van der Waals surface area contributed by atoms with Crippen LogP contribution in [0.5, 0.6) is 5.75 Å². The van der Waals surface area contributed by atoms with Gasteiger partial charge < -0.3 is 9.64 Å². The zero-order valence-electron chi connectivity index (χ0n) is 13.6. The van der Waals surface area contributed by atoms with Crippen molar-refractivity contribution in [1.29, 1.82) is 0 Å². The van der Waals surface area contributed by atoms with Gasteiger partial charge in [0.15, 0.2) is 0 Å². The Bertz CT molecular complexity index is 773. The van der Waals surface area contributed by atoms with Gasteiger partial charge in [-0.15, -0.1) is 0 Å². The lowest BCUT2D eigenvalue weighted by molar-refractivity contribution is -0.134. The summed E-state index contributed by atoms with van der Waals surface area (Å²) in [4.78, 5) is 15.3. The van der Waals surface area contributed by atoms with E-state index >= 15 is 0 Å². The van der Waals surface area contributed by atoms with Crippen LogP contribution in [0.2, 0.25) is 0 Å². The Morgan fingerprint density at radius 1 is 1.33 bits per heavy atom. The van der Waals surface area contributed by atoms with Crippen LogP contribution in [-0.4, -0.2) is 34.2 Å². The average molecular weight is 323 g/mol. The van der Waals surface area contributed by atoms with E-state index < -0.39 is 0 Å². The molecule has 1 N–H and O–H groups in total. The Hall–Kier alpha value is -2.30. The number of nitrogens with one attached hydrogen (secondary N) is 1. The Morgan fingerprint density at radius 3 is 3.12 bits per heavy atom. The van der Waals surface area contributed by atoms with Gasteiger partial charge in [0.1, 0.15) is 5.75 Å². The van der Waals surface area contributed by atoms with E-state index in [0.29, 0.717) is 12.5 Å². The van der Waals surface area contributed by atoms with Crippen LogP contribution in [0.4, 0.5) is 0 Å². The quantitative estimate of drug-likeness (QED) is 0.924. The maximum atomic E-state index is 13.2. The van der Waals surface area contributed by atoms with Crippen LogP contribution in [0.15, 0.2) is 36.5 Å². The molecule has 2 aliphatic heterocycles. The van der Waals surface area contributed by atoms with Crippen LogP contribution in [0.25, 0.3) is 0 Å². The van der Waals surface area contributed by atoms with Crippen molar-refractivity contribution in [3.63, 3.8) is 0 Å². The fourth-order valence-electron chi connectivity index (χ4n) is 4.69. The molecule has 0 bridgehead atoms. The van der Waals surface area contributed by atoms with Gasteiger partial charge in [0.25, 0.3) is 0 Å². The number of amides is 1. The molecule has 124 valence electrons. The van der Waals surface area contributed by atoms with Crippen LogP contribution in [-0.2, 0) is 10.2 Å². The summed E-state index contributed by atoms with van der Waals surface area (Å²) in [7, 11) is 0. The molecule has 5 rings (SSSR count). The molecule has 3 aliphatic rings. The maximum Gasteiger partial charge on any atom is 0.227 e. The first-order valence-electron chi connectivity index (χ1n) is 8.82. The first-order valence-corrected chi connectivity index (χ1v) is 8.82. The summed E-state index contributed by atoms with van der Waals surface area (Å²) in [5.74, 6) is 1.38. The van der Waals surface area contributed by atoms with Crippen molar-refractivity contribution in [2.45, 2.75) is 37.1 Å². The normalized spacial score (nSPS) is 30.9. The number of hydrogen-bond acceptors (Lipinski definition) is 3. The smallest absolute Gasteiger partial charge is 0.227 e. The average Bonchev–Trinajstić information content (AvgIpc) is 3.02. The SMILES string of the molecule is O=C(C1CC12CCOc1ccccc12)N1CCCC1c1ccn[nH]1. The summed E-state index contributed by atoms with van der Waals surface area (Å²) in [6, 6.07) is 10.4. The molecule has 1 amide bonds. The predicted octanol–water partition coefficient (Wildman–Crippen LogP) is 2.81. The minimum absolute atomic E-state index is 0.00700. The number of carbonyl (C=O) groups is 1. The molecule has 3 atom stereocenters. The first-order chi connectivity index (χ1) is 11.8. The summed E-state index contributed by atoms with van der Waals surface area (Å²) in [6.07, 6.45) is 5.76. The van der Waals surface area contributed by atoms with E-state index in [1.807, 2.05) is 18.2 Å². The molecule has 1 aromatic heterocycles. The third-order valence-electron chi connectivity index (χ3n) is 6.02. The van der Waals surface area contributed by atoms with Gasteiger partial charge in [-0.3, -0.25) is 9.89 Å². The summed E-state index contributed by atoms with van der Waals surface area (Å²) >= 11 is 0. The van der Waals surface area contributed by atoms with E-state index in [2.05, 4.69) is 27.2 Å². The molecule has 5 nitrogen and oxygen atoms in total. The number of nitrogens with zero attached hydrogens (tertiary/aromatic N) is 2. The van der Waals surface area contributed by atoms with Crippen LogP contribution >= 0.6 is 0 Å². The number of fused-ring (bicyclic) bond motifs is 2. The number of hydrogen-bond donors (Lipinski definition) is 1. The molecule has 1 spiro atoms. The molecular formula is C19H21N3O2. The number of rotatable bonds is 2. The number of H-pyrrole nitrogens is 1. The summed E-state index contributed by atoms with van der Waals surface area (Å²) in [5.41, 5.74) is 2.29. The second-order valence-corrected chi connectivity index (χ2v) is 7.21. The minimum Gasteiger partial charge on any atom is -0.493 e. The van der Waals surface area contributed by atoms with Crippen molar-refractivity contribution in [2.24, 2.45) is 5.92 Å². The van der Waals surface area contributed by atoms with Crippen molar-refractivity contribution in [1.82, 2.24) is 15.1 Å². The van der Waals surface area contributed by atoms with Gasteiger partial charge in [-0.05, 0) is 37.8 Å². The Morgan fingerprint density at radius 2 is 2.25 bits per heavy atom. The molecule has 3 heterocycles. The second kappa shape index (κ2) is 5.10. The van der Waals surface area contributed by atoms with Crippen molar-refractivity contribution < 1.29 is 9.53 Å². The van der Waals surface area contributed by atoms with Crippen molar-refractivity contribution in [3.05, 3.63) is 47.8 Å². The number of ether oxygens (including phenoxy) is 1. The lowest BCUT2D eigenvalue weighted by Crippen LogP contribution is -2.35. The van der Waals surface area contributed by atoms with E-state index in [4.69, 9.17) is 4.74 Å². The minimum atomic E-state index is 0.00700. The van der Waals surface area contributed by atoms with E-state index in [-0.39, 0.29) is 17.4 Å². The summed E-state index contributed by atoms with van der Waals surface area (Å²) in [5, 5.41) is 7.10. The Labute approximate surface area is 141 Å². The topological polar surface area (TPSA) is 58.2 Å². The maximum absolute atomic E-state index is 13.2. The van der Waals surface area contributed by atoms with Crippen molar-refractivity contribution in [3.8, 4) is 5.75 Å². The fraction of sp³-hybridized carbons (Fsp3) is 0.474. The predicted molar refractivity (Wildman–Crippen MR) is 88.6 cm³/mol. The molecule has 24 heavy (non-hydrogen) atoms. The molecular weight excluding hydrogens is 302 g/mol. The Balaban J connectivity index is 1.42. The fourth-order valence-corrected chi connectivity index (χ4v) is 4.69. The number of benzene rings is 1. The van der Waals surface area contributed by atoms with Gasteiger partial charge in [-0.2, -0.15) is 5.10 Å². The molecule has 0 radical (unpaired) electrons. The molecule has 5 heteroatoms. The largest absolute Gasteiger partial charge is 0.493 e. The van der Waals surface area contributed by atoms with Gasteiger partial charge >= 0.3 is 0 Å². The molecule has 2 aromatic rings. The van der Waals surface area contributed by atoms with Gasteiger partial charge in [0, 0.05) is 29.6 Å². The van der Waals surface area contributed by atoms with Gasteiger partial charge in [0.2, 0.25) is 5.91 Å². The lowest BCUT2D eigenvalue weighted by atomic mass is 9.87. The van der Waals surface area contributed by atoms with E-state index in [0.717, 1.165) is 43.7 Å². The highest BCUT2D eigenvalue weighted by Crippen LogP contribution is 2.61. The van der Waals surface area contributed by atoms with Crippen LogP contribution < -0.4 is 4.74 Å². The Kier molecular flexibility index (Phi) is 2.99. The molecule has 3 unspecified atom stereocenters. The molecule has 2 fully saturated rings. The van der Waals surface area contributed by atoms with E-state index in [9.17, 15) is 4.79 Å². The number of likely N-dealkylation sites (tertiary alicyclic amines) is 1. The standard InChI is InChI=1S/C19H21N3O2/c23-18(22-10-3-5-16(22)15-7-9-20-21-15)14-12-19(14)8-11-24-17-6-2-1-4-13(17)19/h1-2,4,6-7,9,14,16H,3,5,8,10-12H2,(H,20,21). The number of aromatic amines is 1. The highest BCUT2D eigenvalue weighted by molar-refractivity contribution is 5.85. The number of aromatic nitrogens is 2. The zero-order chi connectivity index (χ0) is 16.1. The monoisotopic (exact) mass is 323 g/mol. The highest BCUT2D eigenvalue weighted by Gasteiger charge is 2.62. The van der Waals surface area contributed by atoms with Crippen molar-refractivity contribution in [2.75, 3.05) is 13.2 Å². The van der Waals surface area contributed by atoms with Crippen LogP contribution in [0.1, 0.15) is 43.0 Å². The van der Waals surface area contributed by atoms with Crippen LogP contribution in [0.3, 0.4) is 0 Å². The second-order valence-electron chi connectivity index (χ2n) is 7.21. The molecule has 1 aromatic carbocycles. The number of carbonyl (C=O) groups excluding carboxylic acids is 1. The van der Waals surface area contributed by atoms with Gasteiger partial charge in [-0.1, -0.05) is 18.2 Å². The third-order valence-corrected chi connectivity index (χ3v) is 6.02. The summed E-state index contributed by atoms with van der Waals surface area (Å²) in [6.45, 7) is 1.57. The number of para-hydroxylation sites is 1. The van der Waals surface area contributed by atoms with E-state index in [1.165, 1.54) is 5.56 Å². The first kappa shape index (κ1) is 14.1. The highest BCUT2D eigenvalue weighted by atomic mass is 16.5. The lowest BCUT2D eigenvalue weighted by Gasteiger charge is -2.29. The van der Waals surface area contributed by atoms with Gasteiger partial charge in [0.05, 0.1) is 18.3 Å².